The van der Waals surface area contributed by atoms with Gasteiger partial charge in [-0.1, -0.05) is 12.1 Å². The Morgan fingerprint density at radius 1 is 1.00 bits per heavy atom. The maximum absolute atomic E-state index is 12.4. The highest BCUT2D eigenvalue weighted by Gasteiger charge is 2.08. The molecule has 0 aliphatic heterocycles. The van der Waals surface area contributed by atoms with Crippen LogP contribution in [0.2, 0.25) is 0 Å². The van der Waals surface area contributed by atoms with E-state index in [4.69, 9.17) is 0 Å². The van der Waals surface area contributed by atoms with Gasteiger partial charge >= 0.3 is 0 Å². The van der Waals surface area contributed by atoms with Crippen molar-refractivity contribution >= 4 is 11.6 Å². The van der Waals surface area contributed by atoms with Gasteiger partial charge in [-0.2, -0.15) is 0 Å². The molecule has 0 bridgehead atoms. The largest absolute Gasteiger partial charge is 0.348 e. The minimum absolute atomic E-state index is 0.132. The second-order valence-corrected chi connectivity index (χ2v) is 6.04. The molecular formula is C21H18N4O. The zero-order chi connectivity index (χ0) is 17.9. The molecule has 4 aromatic rings. The molecule has 0 aliphatic carbocycles. The second kappa shape index (κ2) is 6.72. The van der Waals surface area contributed by atoms with Crippen LogP contribution >= 0.6 is 0 Å². The molecule has 5 nitrogen and oxygen atoms in total. The van der Waals surface area contributed by atoms with Gasteiger partial charge in [-0.25, -0.2) is 4.98 Å². The predicted molar refractivity (Wildman–Crippen MR) is 102 cm³/mol. The summed E-state index contributed by atoms with van der Waals surface area (Å²) in [5.74, 6) is -0.132. The quantitative estimate of drug-likeness (QED) is 0.576. The molecule has 0 saturated carbocycles. The number of aromatic nitrogens is 3. The lowest BCUT2D eigenvalue weighted by Crippen LogP contribution is -2.11. The smallest absolute Gasteiger partial charge is 0.255 e. The highest BCUT2D eigenvalue weighted by Crippen LogP contribution is 2.22. The van der Waals surface area contributed by atoms with Gasteiger partial charge in [0.05, 0.1) is 12.0 Å². The van der Waals surface area contributed by atoms with Gasteiger partial charge in [-0.3, -0.25) is 4.79 Å². The Bertz CT molecular complexity index is 1010. The van der Waals surface area contributed by atoms with Crippen LogP contribution in [0.1, 0.15) is 16.1 Å². The van der Waals surface area contributed by atoms with E-state index in [1.165, 1.54) is 0 Å². The van der Waals surface area contributed by atoms with Gasteiger partial charge in [-0.15, -0.1) is 0 Å². The number of aryl methyl sites for hydroxylation is 1. The molecule has 0 spiro atoms. The topological polar surface area (TPSA) is 62.7 Å². The SMILES string of the molecule is Cc1[nH]cnc1-c1ccc(NC(=O)c2ccc(-n3cccc3)cc2)cc1. The van der Waals surface area contributed by atoms with Crippen LogP contribution in [-0.4, -0.2) is 20.4 Å². The molecule has 0 saturated heterocycles. The molecule has 1 amide bonds. The number of hydrogen-bond acceptors (Lipinski definition) is 2. The predicted octanol–water partition coefficient (Wildman–Crippen LogP) is 4.43. The van der Waals surface area contributed by atoms with Crippen LogP contribution in [0.25, 0.3) is 16.9 Å². The second-order valence-electron chi connectivity index (χ2n) is 6.04. The van der Waals surface area contributed by atoms with Crippen molar-refractivity contribution < 1.29 is 4.79 Å². The zero-order valence-electron chi connectivity index (χ0n) is 14.3. The normalized spacial score (nSPS) is 10.7. The molecule has 26 heavy (non-hydrogen) atoms. The van der Waals surface area contributed by atoms with E-state index in [2.05, 4.69) is 15.3 Å². The number of hydrogen-bond donors (Lipinski definition) is 2. The van der Waals surface area contributed by atoms with E-state index < -0.39 is 0 Å². The average Bonchev–Trinajstić information content (AvgIpc) is 3.34. The summed E-state index contributed by atoms with van der Waals surface area (Å²) in [5, 5.41) is 2.93. The van der Waals surface area contributed by atoms with E-state index in [1.54, 1.807) is 6.33 Å². The Balaban J connectivity index is 1.47. The third-order valence-electron chi connectivity index (χ3n) is 4.28. The zero-order valence-corrected chi connectivity index (χ0v) is 14.3. The van der Waals surface area contributed by atoms with Crippen molar-refractivity contribution in [1.29, 1.82) is 0 Å². The number of nitrogens with one attached hydrogen (secondary N) is 2. The first kappa shape index (κ1) is 15.9. The molecule has 0 unspecified atom stereocenters. The van der Waals surface area contributed by atoms with Crippen molar-refractivity contribution in [2.45, 2.75) is 6.92 Å². The summed E-state index contributed by atoms with van der Waals surface area (Å²) < 4.78 is 2.00. The maximum Gasteiger partial charge on any atom is 0.255 e. The van der Waals surface area contributed by atoms with Gasteiger partial charge in [0.2, 0.25) is 0 Å². The highest BCUT2D eigenvalue weighted by atomic mass is 16.1. The number of carbonyl (C=O) groups excluding carboxylic acids is 1. The number of H-pyrrole nitrogens is 1. The molecule has 4 rings (SSSR count). The lowest BCUT2D eigenvalue weighted by Gasteiger charge is -2.08. The third kappa shape index (κ3) is 3.15. The minimum Gasteiger partial charge on any atom is -0.348 e. The number of amides is 1. The fourth-order valence-corrected chi connectivity index (χ4v) is 2.86. The number of rotatable bonds is 4. The number of imidazole rings is 1. The lowest BCUT2D eigenvalue weighted by molar-refractivity contribution is 0.102. The van der Waals surface area contributed by atoms with Crippen molar-refractivity contribution in [1.82, 2.24) is 14.5 Å². The highest BCUT2D eigenvalue weighted by molar-refractivity contribution is 6.04. The summed E-state index contributed by atoms with van der Waals surface area (Å²) in [6.07, 6.45) is 5.62. The molecule has 0 radical (unpaired) electrons. The summed E-state index contributed by atoms with van der Waals surface area (Å²) in [6.45, 7) is 1.98. The van der Waals surface area contributed by atoms with E-state index in [-0.39, 0.29) is 5.91 Å². The van der Waals surface area contributed by atoms with E-state index in [1.807, 2.05) is 84.5 Å². The fourth-order valence-electron chi connectivity index (χ4n) is 2.86. The van der Waals surface area contributed by atoms with Crippen LogP contribution < -0.4 is 5.32 Å². The van der Waals surface area contributed by atoms with Crippen LogP contribution in [0.4, 0.5) is 5.69 Å². The Labute approximate surface area is 151 Å². The standard InChI is InChI=1S/C21H18N4O/c1-15-20(23-14-22-15)16-4-8-18(9-5-16)24-21(26)17-6-10-19(11-7-17)25-12-2-3-13-25/h2-14H,1H3,(H,22,23)(H,24,26). The first-order valence-corrected chi connectivity index (χ1v) is 8.36. The molecule has 2 aromatic heterocycles. The van der Waals surface area contributed by atoms with Crippen LogP contribution in [0, 0.1) is 6.92 Å². The van der Waals surface area contributed by atoms with E-state index in [0.29, 0.717) is 5.56 Å². The van der Waals surface area contributed by atoms with Gasteiger partial charge in [0.15, 0.2) is 0 Å². The summed E-state index contributed by atoms with van der Waals surface area (Å²) in [6, 6.07) is 19.1. The molecule has 0 atom stereocenters. The van der Waals surface area contributed by atoms with Gasteiger partial charge in [0, 0.05) is 40.6 Å². The van der Waals surface area contributed by atoms with Gasteiger partial charge < -0.3 is 14.9 Å². The van der Waals surface area contributed by atoms with E-state index >= 15 is 0 Å². The molecule has 5 heteroatoms. The van der Waals surface area contributed by atoms with Gasteiger partial charge in [0.1, 0.15) is 0 Å². The van der Waals surface area contributed by atoms with Gasteiger partial charge in [-0.05, 0) is 55.5 Å². The molecule has 0 aliphatic rings. The molecular weight excluding hydrogens is 324 g/mol. The van der Waals surface area contributed by atoms with Crippen molar-refractivity contribution in [2.75, 3.05) is 5.32 Å². The Morgan fingerprint density at radius 2 is 1.69 bits per heavy atom. The summed E-state index contributed by atoms with van der Waals surface area (Å²) in [5.41, 5.74) is 5.34. The minimum atomic E-state index is -0.132. The van der Waals surface area contributed by atoms with Crippen molar-refractivity contribution in [3.05, 3.63) is 90.6 Å². The Morgan fingerprint density at radius 3 is 2.31 bits per heavy atom. The first-order valence-electron chi connectivity index (χ1n) is 8.36. The van der Waals surface area contributed by atoms with Crippen LogP contribution in [0.3, 0.4) is 0 Å². The number of aromatic amines is 1. The van der Waals surface area contributed by atoms with Crippen LogP contribution in [0.15, 0.2) is 79.4 Å². The Hall–Kier alpha value is -3.60. The summed E-state index contributed by atoms with van der Waals surface area (Å²) in [4.78, 5) is 19.8. The van der Waals surface area contributed by atoms with Crippen molar-refractivity contribution in [2.24, 2.45) is 0 Å². The molecule has 2 N–H and O–H groups in total. The van der Waals surface area contributed by atoms with Crippen molar-refractivity contribution in [3.8, 4) is 16.9 Å². The molecule has 2 aromatic carbocycles. The fraction of sp³-hybridized carbons (Fsp3) is 0.0476. The maximum atomic E-state index is 12.4. The van der Waals surface area contributed by atoms with E-state index in [9.17, 15) is 4.79 Å². The Kier molecular flexibility index (Phi) is 4.11. The summed E-state index contributed by atoms with van der Waals surface area (Å²) in [7, 11) is 0. The first-order chi connectivity index (χ1) is 12.7. The number of anilines is 1. The molecule has 0 fully saturated rings. The molecule has 128 valence electrons. The number of nitrogens with zero attached hydrogens (tertiary/aromatic N) is 2. The van der Waals surface area contributed by atoms with E-state index in [0.717, 1.165) is 28.3 Å². The van der Waals surface area contributed by atoms with Crippen LogP contribution in [0.5, 0.6) is 0 Å². The third-order valence-corrected chi connectivity index (χ3v) is 4.28. The van der Waals surface area contributed by atoms with Gasteiger partial charge in [0.25, 0.3) is 5.91 Å². The monoisotopic (exact) mass is 342 g/mol. The lowest BCUT2D eigenvalue weighted by atomic mass is 10.1. The van der Waals surface area contributed by atoms with Crippen LogP contribution in [-0.2, 0) is 0 Å². The summed E-state index contributed by atoms with van der Waals surface area (Å²) >= 11 is 0. The molecule has 2 heterocycles. The average molecular weight is 342 g/mol. The van der Waals surface area contributed by atoms with Crippen molar-refractivity contribution in [3.63, 3.8) is 0 Å². The number of benzene rings is 2. The number of carbonyl (C=O) groups is 1.